The fourth-order valence-electron chi connectivity index (χ4n) is 4.34. The highest BCUT2D eigenvalue weighted by molar-refractivity contribution is 5.85. The molecule has 0 bridgehead atoms. The Balaban J connectivity index is 1.48. The van der Waals surface area contributed by atoms with Crippen LogP contribution in [0.4, 0.5) is 5.82 Å². The first-order valence-electron chi connectivity index (χ1n) is 12.6. The summed E-state index contributed by atoms with van der Waals surface area (Å²) in [5.74, 6) is 2.23. The summed E-state index contributed by atoms with van der Waals surface area (Å²) in [7, 11) is 0. The van der Waals surface area contributed by atoms with Crippen LogP contribution < -0.4 is 9.64 Å². The van der Waals surface area contributed by atoms with Gasteiger partial charge in [0.2, 0.25) is 5.91 Å². The van der Waals surface area contributed by atoms with E-state index in [1.54, 1.807) is 23.8 Å². The number of fused-ring (bicyclic) bond motifs is 1. The van der Waals surface area contributed by atoms with E-state index in [0.29, 0.717) is 42.3 Å². The van der Waals surface area contributed by atoms with Crippen molar-refractivity contribution in [2.45, 2.75) is 46.1 Å². The van der Waals surface area contributed by atoms with E-state index in [0.717, 1.165) is 42.9 Å². The first-order chi connectivity index (χ1) is 17.4. The largest absolute Gasteiger partial charge is 0.489 e. The summed E-state index contributed by atoms with van der Waals surface area (Å²) in [4.78, 5) is 21.4. The standard InChI is InChI=1S/C27H34N6O3/c1-4-19(2)5-8-26(35)32-11-9-31(10-12-32)25-7-6-21(15-29-25)24-13-23(36-18-20(3)34)17-33-27(24)22(14-28)16-30-33/h6-7,13,15-17,19-20,34H,4-5,8-12,18H2,1-3H3/t19?,20-/m0/s1. The summed E-state index contributed by atoms with van der Waals surface area (Å²) in [5, 5.41) is 23.5. The minimum absolute atomic E-state index is 0.153. The van der Waals surface area contributed by atoms with Crippen molar-refractivity contribution in [3.05, 3.63) is 42.4 Å². The molecule has 0 aromatic carbocycles. The van der Waals surface area contributed by atoms with Crippen LogP contribution in [0.15, 0.2) is 36.8 Å². The quantitative estimate of drug-likeness (QED) is 0.489. The smallest absolute Gasteiger partial charge is 0.222 e. The first-order valence-corrected chi connectivity index (χ1v) is 12.6. The number of hydrogen-bond donors (Lipinski definition) is 1. The Labute approximate surface area is 211 Å². The molecule has 1 saturated heterocycles. The lowest BCUT2D eigenvalue weighted by atomic mass is 10.0. The lowest BCUT2D eigenvalue weighted by molar-refractivity contribution is -0.131. The van der Waals surface area contributed by atoms with Crippen LogP contribution in [-0.4, -0.2) is 69.4 Å². The number of pyridine rings is 2. The number of aromatic nitrogens is 3. The number of hydrogen-bond acceptors (Lipinski definition) is 7. The van der Waals surface area contributed by atoms with Crippen molar-refractivity contribution in [3.63, 3.8) is 0 Å². The summed E-state index contributed by atoms with van der Waals surface area (Å²) in [5.41, 5.74) is 2.76. The highest BCUT2D eigenvalue weighted by atomic mass is 16.5. The molecule has 0 radical (unpaired) electrons. The Morgan fingerprint density at radius 1 is 1.22 bits per heavy atom. The second-order valence-electron chi connectivity index (χ2n) is 9.54. The van der Waals surface area contributed by atoms with Gasteiger partial charge in [-0.05, 0) is 37.5 Å². The Morgan fingerprint density at radius 3 is 2.64 bits per heavy atom. The zero-order chi connectivity index (χ0) is 25.7. The van der Waals surface area contributed by atoms with Crippen LogP contribution in [0, 0.1) is 17.2 Å². The highest BCUT2D eigenvalue weighted by Gasteiger charge is 2.22. The van der Waals surface area contributed by atoms with Gasteiger partial charge in [-0.25, -0.2) is 9.50 Å². The van der Waals surface area contributed by atoms with E-state index in [2.05, 4.69) is 29.9 Å². The maximum Gasteiger partial charge on any atom is 0.222 e. The third kappa shape index (κ3) is 5.77. The molecule has 1 N–H and O–H groups in total. The van der Waals surface area contributed by atoms with Gasteiger partial charge in [-0.3, -0.25) is 4.79 Å². The van der Waals surface area contributed by atoms with Crippen LogP contribution in [0.25, 0.3) is 16.6 Å². The second kappa shape index (κ2) is 11.4. The fourth-order valence-corrected chi connectivity index (χ4v) is 4.34. The van der Waals surface area contributed by atoms with Crippen molar-refractivity contribution in [2.24, 2.45) is 5.92 Å². The number of nitrogens with zero attached hydrogens (tertiary/aromatic N) is 6. The van der Waals surface area contributed by atoms with Crippen LogP contribution in [0.2, 0.25) is 0 Å². The van der Waals surface area contributed by atoms with Gasteiger partial charge in [0.25, 0.3) is 0 Å². The molecule has 190 valence electrons. The van der Waals surface area contributed by atoms with Crippen LogP contribution in [0.3, 0.4) is 0 Å². The number of aliphatic hydroxyl groups excluding tert-OH is 1. The average molecular weight is 491 g/mol. The lowest BCUT2D eigenvalue weighted by Crippen LogP contribution is -2.49. The molecule has 9 nitrogen and oxygen atoms in total. The topological polar surface area (TPSA) is 107 Å². The predicted molar refractivity (Wildman–Crippen MR) is 138 cm³/mol. The molecule has 1 fully saturated rings. The van der Waals surface area contributed by atoms with Gasteiger partial charge in [-0.1, -0.05) is 20.3 Å². The molecular formula is C27H34N6O3. The van der Waals surface area contributed by atoms with Gasteiger partial charge < -0.3 is 19.6 Å². The van der Waals surface area contributed by atoms with E-state index in [9.17, 15) is 15.2 Å². The summed E-state index contributed by atoms with van der Waals surface area (Å²) >= 11 is 0. The Kier molecular flexibility index (Phi) is 8.06. The number of carbonyl (C=O) groups is 1. The normalized spacial score (nSPS) is 15.5. The van der Waals surface area contributed by atoms with Crippen LogP contribution in [0.1, 0.15) is 45.6 Å². The molecule has 4 heterocycles. The SMILES string of the molecule is CCC(C)CCC(=O)N1CCN(c2ccc(-c3cc(OC[C@H](C)O)cn4ncc(C#N)c34)cn2)CC1. The Morgan fingerprint density at radius 2 is 2.00 bits per heavy atom. The van der Waals surface area contributed by atoms with Gasteiger partial charge in [0, 0.05) is 49.9 Å². The van der Waals surface area contributed by atoms with Crippen molar-refractivity contribution in [1.29, 1.82) is 5.26 Å². The number of aliphatic hydroxyl groups is 1. The number of carbonyl (C=O) groups excluding carboxylic acids is 1. The molecule has 3 aromatic rings. The molecular weight excluding hydrogens is 456 g/mol. The zero-order valence-corrected chi connectivity index (χ0v) is 21.2. The van der Waals surface area contributed by atoms with Gasteiger partial charge in [-0.2, -0.15) is 10.4 Å². The summed E-state index contributed by atoms with van der Waals surface area (Å²) in [6.07, 6.45) is 7.09. The fraction of sp³-hybridized carbons (Fsp3) is 0.481. The van der Waals surface area contributed by atoms with Crippen molar-refractivity contribution in [2.75, 3.05) is 37.7 Å². The molecule has 2 atom stereocenters. The minimum Gasteiger partial charge on any atom is -0.489 e. The number of piperazine rings is 1. The van der Waals surface area contributed by atoms with Gasteiger partial charge in [0.1, 0.15) is 24.2 Å². The summed E-state index contributed by atoms with van der Waals surface area (Å²) < 4.78 is 7.33. The number of rotatable bonds is 9. The van der Waals surface area contributed by atoms with Crippen molar-refractivity contribution in [3.8, 4) is 22.9 Å². The third-order valence-electron chi connectivity index (χ3n) is 6.76. The number of ether oxygens (including phenoxy) is 1. The predicted octanol–water partition coefficient (Wildman–Crippen LogP) is 3.50. The molecule has 1 unspecified atom stereocenters. The van der Waals surface area contributed by atoms with Gasteiger partial charge in [0.05, 0.1) is 29.6 Å². The highest BCUT2D eigenvalue weighted by Crippen LogP contribution is 2.31. The number of nitriles is 1. The molecule has 1 aliphatic rings. The van der Waals surface area contributed by atoms with Crippen molar-refractivity contribution < 1.29 is 14.6 Å². The van der Waals surface area contributed by atoms with E-state index in [4.69, 9.17) is 9.72 Å². The monoisotopic (exact) mass is 490 g/mol. The molecule has 0 saturated carbocycles. The lowest BCUT2D eigenvalue weighted by Gasteiger charge is -2.35. The summed E-state index contributed by atoms with van der Waals surface area (Å²) in [6, 6.07) is 8.00. The molecule has 0 spiro atoms. The average Bonchev–Trinajstić information content (AvgIpc) is 3.33. The maximum absolute atomic E-state index is 12.5. The Bertz CT molecular complexity index is 1220. The number of anilines is 1. The van der Waals surface area contributed by atoms with Gasteiger partial charge in [0.15, 0.2) is 0 Å². The molecule has 1 amide bonds. The summed E-state index contributed by atoms with van der Waals surface area (Å²) in [6.45, 7) is 9.06. The molecule has 0 aliphatic carbocycles. The minimum atomic E-state index is -0.604. The molecule has 1 aliphatic heterocycles. The van der Waals surface area contributed by atoms with E-state index < -0.39 is 6.10 Å². The maximum atomic E-state index is 12.5. The second-order valence-corrected chi connectivity index (χ2v) is 9.54. The van der Waals surface area contributed by atoms with E-state index in [1.165, 1.54) is 6.20 Å². The van der Waals surface area contributed by atoms with E-state index in [-0.39, 0.29) is 12.5 Å². The molecule has 36 heavy (non-hydrogen) atoms. The van der Waals surface area contributed by atoms with Crippen LogP contribution in [0.5, 0.6) is 5.75 Å². The van der Waals surface area contributed by atoms with Gasteiger partial charge >= 0.3 is 0 Å². The van der Waals surface area contributed by atoms with Crippen molar-refractivity contribution in [1.82, 2.24) is 19.5 Å². The molecule has 4 rings (SSSR count). The van der Waals surface area contributed by atoms with E-state index >= 15 is 0 Å². The Hall–Kier alpha value is -3.64. The number of amides is 1. The first kappa shape index (κ1) is 25.5. The van der Waals surface area contributed by atoms with Crippen LogP contribution in [-0.2, 0) is 4.79 Å². The molecule has 9 heteroatoms. The van der Waals surface area contributed by atoms with Crippen molar-refractivity contribution >= 4 is 17.2 Å². The van der Waals surface area contributed by atoms with E-state index in [1.807, 2.05) is 23.1 Å². The molecule has 3 aromatic heterocycles. The van der Waals surface area contributed by atoms with Crippen LogP contribution >= 0.6 is 0 Å². The third-order valence-corrected chi connectivity index (χ3v) is 6.76. The van der Waals surface area contributed by atoms with Gasteiger partial charge in [-0.15, -0.1) is 0 Å². The zero-order valence-electron chi connectivity index (χ0n) is 21.2.